The number of hydrogen-bond donors (Lipinski definition) is 1. The average Bonchev–Trinajstić information content (AvgIpc) is 2.72. The van der Waals surface area contributed by atoms with E-state index in [4.69, 9.17) is 4.74 Å². The molecule has 132 valence electrons. The molecule has 1 unspecified atom stereocenters. The monoisotopic (exact) mass is 411 g/mol. The molecule has 0 heterocycles. The predicted molar refractivity (Wildman–Crippen MR) is 106 cm³/mol. The van der Waals surface area contributed by atoms with E-state index in [1.54, 1.807) is 0 Å². The Morgan fingerprint density at radius 1 is 0.846 bits per heavy atom. The van der Waals surface area contributed by atoms with Crippen molar-refractivity contribution in [3.8, 4) is 0 Å². The van der Waals surface area contributed by atoms with Crippen molar-refractivity contribution in [2.24, 2.45) is 0 Å². The molecule has 1 amide bonds. The van der Waals surface area contributed by atoms with E-state index in [1.165, 1.54) is 10.0 Å². The van der Waals surface area contributed by atoms with Crippen LogP contribution in [0.2, 0.25) is 0 Å². The minimum atomic E-state index is -0.376. The fourth-order valence-corrected chi connectivity index (χ4v) is 4.82. The Morgan fingerprint density at radius 2 is 1.42 bits per heavy atom. The summed E-state index contributed by atoms with van der Waals surface area (Å²) in [5, 5.41) is 2.93. The summed E-state index contributed by atoms with van der Waals surface area (Å²) in [6, 6.07) is 30.4. The number of rotatable bonds is 7. The summed E-state index contributed by atoms with van der Waals surface area (Å²) in [6.45, 7) is 0.846. The molecule has 0 aliphatic carbocycles. The van der Waals surface area contributed by atoms with Crippen molar-refractivity contribution < 1.29 is 9.53 Å². The van der Waals surface area contributed by atoms with Crippen molar-refractivity contribution in [2.45, 2.75) is 11.4 Å². The zero-order valence-electron chi connectivity index (χ0n) is 14.4. The molecule has 0 radical (unpaired) electrons. The van der Waals surface area contributed by atoms with Gasteiger partial charge in [0.25, 0.3) is 0 Å². The first-order chi connectivity index (χ1) is 12.8. The summed E-state index contributed by atoms with van der Waals surface area (Å²) in [6.07, 6.45) is -0.376. The van der Waals surface area contributed by atoms with Crippen molar-refractivity contribution in [2.75, 3.05) is 6.54 Å². The van der Waals surface area contributed by atoms with Gasteiger partial charge in [0, 0.05) is 0 Å². The van der Waals surface area contributed by atoms with Gasteiger partial charge in [-0.15, -0.1) is 0 Å². The number of carbonyl (C=O) groups excluding carboxylic acids is 1. The van der Waals surface area contributed by atoms with Crippen LogP contribution in [0.1, 0.15) is 15.9 Å². The van der Waals surface area contributed by atoms with Crippen LogP contribution in [-0.4, -0.2) is 27.6 Å². The molecule has 0 aromatic heterocycles. The normalized spacial score (nSPS) is 11.5. The Bertz CT molecular complexity index is 794. The molecule has 0 aliphatic heterocycles. The maximum atomic E-state index is 12.1. The van der Waals surface area contributed by atoms with Gasteiger partial charge in [-0.05, 0) is 0 Å². The first-order valence-electron chi connectivity index (χ1n) is 8.52. The summed E-state index contributed by atoms with van der Waals surface area (Å²) in [5.41, 5.74) is 2.22. The second kappa shape index (κ2) is 9.81. The van der Waals surface area contributed by atoms with E-state index in [9.17, 15) is 4.79 Å². The van der Waals surface area contributed by atoms with Crippen molar-refractivity contribution in [1.29, 1.82) is 0 Å². The van der Waals surface area contributed by atoms with Gasteiger partial charge in [-0.3, -0.25) is 0 Å². The van der Waals surface area contributed by atoms with Crippen LogP contribution in [0.5, 0.6) is 0 Å². The van der Waals surface area contributed by atoms with Gasteiger partial charge < -0.3 is 0 Å². The molecule has 0 fully saturated rings. The van der Waals surface area contributed by atoms with Crippen LogP contribution >= 0.6 is 0 Å². The maximum absolute atomic E-state index is 12.1. The Labute approximate surface area is 160 Å². The van der Waals surface area contributed by atoms with Gasteiger partial charge in [0.1, 0.15) is 0 Å². The van der Waals surface area contributed by atoms with Gasteiger partial charge in [0.05, 0.1) is 0 Å². The third-order valence-corrected chi connectivity index (χ3v) is 6.50. The summed E-state index contributed by atoms with van der Waals surface area (Å²) in [5.74, 6) is 0. The third-order valence-electron chi connectivity index (χ3n) is 3.84. The molecule has 0 aliphatic rings. The molecule has 4 heteroatoms. The van der Waals surface area contributed by atoms with E-state index < -0.39 is 0 Å². The molecule has 3 aromatic rings. The number of amides is 1. The topological polar surface area (TPSA) is 38.3 Å². The van der Waals surface area contributed by atoms with Gasteiger partial charge >= 0.3 is 160 Å². The van der Waals surface area contributed by atoms with Gasteiger partial charge in [0.2, 0.25) is 0 Å². The third kappa shape index (κ3) is 5.76. The quantitative estimate of drug-likeness (QED) is 0.604. The van der Waals surface area contributed by atoms with Crippen molar-refractivity contribution in [3.63, 3.8) is 0 Å². The number of ether oxygens (including phenoxy) is 1. The van der Waals surface area contributed by atoms with E-state index in [0.717, 1.165) is 5.56 Å². The average molecular weight is 410 g/mol. The Balaban J connectivity index is 1.58. The zero-order chi connectivity index (χ0) is 18.0. The van der Waals surface area contributed by atoms with E-state index >= 15 is 0 Å². The van der Waals surface area contributed by atoms with Crippen LogP contribution < -0.4 is 9.78 Å². The molecule has 0 saturated heterocycles. The van der Waals surface area contributed by atoms with Crippen molar-refractivity contribution in [1.82, 2.24) is 5.32 Å². The standard InChI is InChI=1S/C22H21NO2Se/c24-22(25-17-18-10-4-1-5-11-18)23-16-21(19-12-6-2-7-13-19)26-20-14-8-3-9-15-20/h1-15,21H,16-17H2,(H,23,24). The van der Waals surface area contributed by atoms with E-state index in [2.05, 4.69) is 41.7 Å². The molecule has 1 N–H and O–H groups in total. The van der Waals surface area contributed by atoms with E-state index in [1.807, 2.05) is 54.6 Å². The van der Waals surface area contributed by atoms with E-state index in [-0.39, 0.29) is 32.5 Å². The fourth-order valence-electron chi connectivity index (χ4n) is 2.51. The molecule has 3 aromatic carbocycles. The summed E-state index contributed by atoms with van der Waals surface area (Å²) >= 11 is 0.218. The van der Waals surface area contributed by atoms with Crippen molar-refractivity contribution in [3.05, 3.63) is 102 Å². The van der Waals surface area contributed by atoms with Crippen LogP contribution in [0.3, 0.4) is 0 Å². The fraction of sp³-hybridized carbons (Fsp3) is 0.136. The van der Waals surface area contributed by atoms with E-state index in [0.29, 0.717) is 6.54 Å². The molecule has 0 bridgehead atoms. The first-order valence-corrected chi connectivity index (χ1v) is 10.4. The number of hydrogen-bond acceptors (Lipinski definition) is 2. The number of alkyl carbamates (subject to hydrolysis) is 1. The second-order valence-electron chi connectivity index (χ2n) is 5.77. The molecular weight excluding hydrogens is 389 g/mol. The van der Waals surface area contributed by atoms with Crippen LogP contribution in [0, 0.1) is 0 Å². The van der Waals surface area contributed by atoms with Gasteiger partial charge in [-0.2, -0.15) is 0 Å². The van der Waals surface area contributed by atoms with Crippen LogP contribution in [0.4, 0.5) is 4.79 Å². The minimum absolute atomic E-state index is 0.218. The zero-order valence-corrected chi connectivity index (χ0v) is 16.1. The number of nitrogens with one attached hydrogen (secondary N) is 1. The Kier molecular flexibility index (Phi) is 6.88. The Hall–Kier alpha value is -2.55. The molecule has 0 saturated carbocycles. The molecular formula is C22H21NO2Se. The molecule has 3 rings (SSSR count). The number of benzene rings is 3. The SMILES string of the molecule is O=C(NCC([Se]c1ccccc1)c1ccccc1)OCc1ccccc1. The predicted octanol–water partition coefficient (Wildman–Crippen LogP) is 3.68. The summed E-state index contributed by atoms with van der Waals surface area (Å²) in [7, 11) is 0. The molecule has 1 atom stereocenters. The summed E-state index contributed by atoms with van der Waals surface area (Å²) < 4.78 is 6.63. The molecule has 26 heavy (non-hydrogen) atoms. The van der Waals surface area contributed by atoms with Crippen LogP contribution in [-0.2, 0) is 11.3 Å². The van der Waals surface area contributed by atoms with Crippen LogP contribution in [0.15, 0.2) is 91.0 Å². The first kappa shape index (κ1) is 18.2. The van der Waals surface area contributed by atoms with Gasteiger partial charge in [-0.25, -0.2) is 0 Å². The van der Waals surface area contributed by atoms with Gasteiger partial charge in [-0.1, -0.05) is 0 Å². The number of carbonyl (C=O) groups is 1. The van der Waals surface area contributed by atoms with Crippen molar-refractivity contribution >= 4 is 25.5 Å². The van der Waals surface area contributed by atoms with Gasteiger partial charge in [0.15, 0.2) is 0 Å². The van der Waals surface area contributed by atoms with Crippen LogP contribution in [0.25, 0.3) is 0 Å². The molecule has 0 spiro atoms. The second-order valence-corrected chi connectivity index (χ2v) is 8.45. The summed E-state index contributed by atoms with van der Waals surface area (Å²) in [4.78, 5) is 12.3. The molecule has 3 nitrogen and oxygen atoms in total. The Morgan fingerprint density at radius 3 is 2.08 bits per heavy atom.